The average Bonchev–Trinajstić information content (AvgIpc) is 2.85. The zero-order valence-electron chi connectivity index (χ0n) is 11.8. The normalized spacial score (nSPS) is 14.8. The Morgan fingerprint density at radius 3 is 2.00 bits per heavy atom. The van der Waals surface area contributed by atoms with E-state index in [9.17, 15) is 0 Å². The summed E-state index contributed by atoms with van der Waals surface area (Å²) in [5, 5.41) is 3.45. The van der Waals surface area contributed by atoms with E-state index in [0.29, 0.717) is 0 Å². The average molecular weight is 237 g/mol. The van der Waals surface area contributed by atoms with Gasteiger partial charge in [0.2, 0.25) is 0 Å². The molecule has 0 unspecified atom stereocenters. The van der Waals surface area contributed by atoms with E-state index in [4.69, 9.17) is 0 Å². The lowest BCUT2D eigenvalue weighted by molar-refractivity contribution is 0.554. The molecule has 0 bridgehead atoms. The number of hydrogen-bond donors (Lipinski definition) is 1. The molecule has 0 aliphatic carbocycles. The van der Waals surface area contributed by atoms with Crippen molar-refractivity contribution in [3.8, 4) is 0 Å². The monoisotopic (exact) mass is 237 g/mol. The molecule has 0 saturated heterocycles. The Labute approximate surface area is 108 Å². The lowest BCUT2D eigenvalue weighted by atomic mass is 10.1. The van der Waals surface area contributed by atoms with Gasteiger partial charge in [-0.15, -0.1) is 0 Å². The second kappa shape index (κ2) is 10.7. The fraction of sp³-hybridized carbons (Fsp3) is 0.875. The SMILES string of the molecule is CCCCCCCCCCCCC1=CCCN1. The van der Waals surface area contributed by atoms with Gasteiger partial charge < -0.3 is 5.32 Å². The zero-order valence-corrected chi connectivity index (χ0v) is 11.8. The van der Waals surface area contributed by atoms with Gasteiger partial charge in [0.15, 0.2) is 0 Å². The molecule has 0 aromatic rings. The molecule has 1 nitrogen and oxygen atoms in total. The van der Waals surface area contributed by atoms with Crippen LogP contribution >= 0.6 is 0 Å². The third-order valence-electron chi connectivity index (χ3n) is 3.69. The molecule has 1 N–H and O–H groups in total. The Bertz CT molecular complexity index is 196. The van der Waals surface area contributed by atoms with Gasteiger partial charge in [0.05, 0.1) is 0 Å². The number of nitrogens with one attached hydrogen (secondary N) is 1. The third-order valence-corrected chi connectivity index (χ3v) is 3.69. The van der Waals surface area contributed by atoms with Crippen LogP contribution in [0.3, 0.4) is 0 Å². The van der Waals surface area contributed by atoms with Gasteiger partial charge in [-0.2, -0.15) is 0 Å². The van der Waals surface area contributed by atoms with Crippen LogP contribution in [0.2, 0.25) is 0 Å². The molecule has 0 saturated carbocycles. The first-order chi connectivity index (χ1) is 8.43. The Hall–Kier alpha value is -0.460. The Morgan fingerprint density at radius 2 is 1.47 bits per heavy atom. The second-order valence-electron chi connectivity index (χ2n) is 5.38. The summed E-state index contributed by atoms with van der Waals surface area (Å²) in [6.07, 6.45) is 19.3. The summed E-state index contributed by atoms with van der Waals surface area (Å²) in [6, 6.07) is 0. The van der Waals surface area contributed by atoms with Crippen LogP contribution in [0.1, 0.15) is 84.0 Å². The molecule has 1 aliphatic rings. The topological polar surface area (TPSA) is 12.0 Å². The van der Waals surface area contributed by atoms with Crippen LogP contribution in [0.25, 0.3) is 0 Å². The first-order valence-corrected chi connectivity index (χ1v) is 7.86. The highest BCUT2D eigenvalue weighted by atomic mass is 14.9. The summed E-state index contributed by atoms with van der Waals surface area (Å²) in [6.45, 7) is 3.46. The minimum atomic E-state index is 1.17. The molecular formula is C16H31N. The first kappa shape index (κ1) is 14.6. The smallest absolute Gasteiger partial charge is 0.0179 e. The molecular weight excluding hydrogens is 206 g/mol. The number of hydrogen-bond acceptors (Lipinski definition) is 1. The van der Waals surface area contributed by atoms with E-state index in [-0.39, 0.29) is 0 Å². The van der Waals surface area contributed by atoms with E-state index < -0.39 is 0 Å². The van der Waals surface area contributed by atoms with E-state index in [1.807, 2.05) is 0 Å². The summed E-state index contributed by atoms with van der Waals surface area (Å²) in [7, 11) is 0. The third kappa shape index (κ3) is 8.29. The molecule has 1 heterocycles. The van der Waals surface area contributed by atoms with Crippen molar-refractivity contribution in [2.45, 2.75) is 84.0 Å². The summed E-state index contributed by atoms with van der Waals surface area (Å²) in [5.74, 6) is 0. The van der Waals surface area contributed by atoms with E-state index >= 15 is 0 Å². The van der Waals surface area contributed by atoms with Crippen molar-refractivity contribution in [3.05, 3.63) is 11.8 Å². The highest BCUT2D eigenvalue weighted by Gasteiger charge is 2.01. The molecule has 100 valence electrons. The van der Waals surface area contributed by atoms with Crippen LogP contribution in [-0.2, 0) is 0 Å². The van der Waals surface area contributed by atoms with Crippen LogP contribution in [0, 0.1) is 0 Å². The van der Waals surface area contributed by atoms with Crippen molar-refractivity contribution in [2.75, 3.05) is 6.54 Å². The van der Waals surface area contributed by atoms with E-state index in [1.165, 1.54) is 89.3 Å². The number of rotatable bonds is 11. The molecule has 0 atom stereocenters. The molecule has 0 aromatic heterocycles. The quantitative estimate of drug-likeness (QED) is 0.489. The van der Waals surface area contributed by atoms with Gasteiger partial charge in [0.1, 0.15) is 0 Å². The molecule has 17 heavy (non-hydrogen) atoms. The highest BCUT2D eigenvalue weighted by molar-refractivity contribution is 5.04. The fourth-order valence-corrected chi connectivity index (χ4v) is 2.54. The van der Waals surface area contributed by atoms with Gasteiger partial charge in [0.25, 0.3) is 0 Å². The molecule has 1 rings (SSSR count). The van der Waals surface area contributed by atoms with Crippen molar-refractivity contribution in [3.63, 3.8) is 0 Å². The lowest BCUT2D eigenvalue weighted by Crippen LogP contribution is -2.06. The van der Waals surface area contributed by atoms with E-state index in [0.717, 1.165) is 0 Å². The Kier molecular flexibility index (Phi) is 9.17. The minimum absolute atomic E-state index is 1.17. The Morgan fingerprint density at radius 1 is 0.882 bits per heavy atom. The standard InChI is InChI=1S/C16H31N/c1-2-3-4-5-6-7-8-9-10-11-13-16-14-12-15-17-16/h14,17H,2-13,15H2,1H3. The van der Waals surface area contributed by atoms with E-state index in [1.54, 1.807) is 0 Å². The van der Waals surface area contributed by atoms with E-state index in [2.05, 4.69) is 18.3 Å². The van der Waals surface area contributed by atoms with Gasteiger partial charge in [-0.3, -0.25) is 0 Å². The number of unbranched alkanes of at least 4 members (excludes halogenated alkanes) is 9. The summed E-state index contributed by atoms with van der Waals surface area (Å²) in [4.78, 5) is 0. The van der Waals surface area contributed by atoms with Gasteiger partial charge in [0, 0.05) is 12.2 Å². The van der Waals surface area contributed by atoms with Crippen LogP contribution in [0.5, 0.6) is 0 Å². The minimum Gasteiger partial charge on any atom is -0.388 e. The molecule has 1 heteroatoms. The maximum atomic E-state index is 3.45. The van der Waals surface area contributed by atoms with Crippen LogP contribution in [-0.4, -0.2) is 6.54 Å². The molecule has 0 radical (unpaired) electrons. The van der Waals surface area contributed by atoms with Gasteiger partial charge >= 0.3 is 0 Å². The highest BCUT2D eigenvalue weighted by Crippen LogP contribution is 2.14. The van der Waals surface area contributed by atoms with Gasteiger partial charge in [-0.25, -0.2) is 0 Å². The summed E-state index contributed by atoms with van der Waals surface area (Å²) in [5.41, 5.74) is 1.50. The largest absolute Gasteiger partial charge is 0.388 e. The fourth-order valence-electron chi connectivity index (χ4n) is 2.54. The van der Waals surface area contributed by atoms with Crippen molar-refractivity contribution >= 4 is 0 Å². The van der Waals surface area contributed by atoms with Crippen LogP contribution < -0.4 is 5.32 Å². The van der Waals surface area contributed by atoms with Crippen molar-refractivity contribution in [2.24, 2.45) is 0 Å². The summed E-state index contributed by atoms with van der Waals surface area (Å²) >= 11 is 0. The molecule has 0 amide bonds. The van der Waals surface area contributed by atoms with Gasteiger partial charge in [-0.05, 0) is 19.3 Å². The van der Waals surface area contributed by atoms with Crippen molar-refractivity contribution in [1.29, 1.82) is 0 Å². The molecule has 0 fully saturated rings. The Balaban J connectivity index is 1.72. The second-order valence-corrected chi connectivity index (χ2v) is 5.38. The first-order valence-electron chi connectivity index (χ1n) is 7.86. The summed E-state index contributed by atoms with van der Waals surface area (Å²) < 4.78 is 0. The maximum absolute atomic E-state index is 3.45. The molecule has 1 aliphatic heterocycles. The van der Waals surface area contributed by atoms with Gasteiger partial charge in [-0.1, -0.05) is 70.8 Å². The van der Waals surface area contributed by atoms with Crippen LogP contribution in [0.15, 0.2) is 11.8 Å². The molecule has 0 spiro atoms. The molecule has 0 aromatic carbocycles. The number of allylic oxidation sites excluding steroid dienone is 1. The zero-order chi connectivity index (χ0) is 12.2. The van der Waals surface area contributed by atoms with Crippen LogP contribution in [0.4, 0.5) is 0 Å². The lowest BCUT2D eigenvalue weighted by Gasteiger charge is -2.04. The maximum Gasteiger partial charge on any atom is 0.0179 e. The predicted octanol–water partition coefficient (Wildman–Crippen LogP) is 5.17. The predicted molar refractivity (Wildman–Crippen MR) is 77.2 cm³/mol. The van der Waals surface area contributed by atoms with Crippen molar-refractivity contribution < 1.29 is 0 Å². The van der Waals surface area contributed by atoms with Crippen molar-refractivity contribution in [1.82, 2.24) is 5.32 Å².